The van der Waals surface area contributed by atoms with Gasteiger partial charge in [0.25, 0.3) is 0 Å². The van der Waals surface area contributed by atoms with Gasteiger partial charge in [0.1, 0.15) is 11.2 Å². The minimum absolute atomic E-state index is 0.147. The van der Waals surface area contributed by atoms with Gasteiger partial charge in [-0.25, -0.2) is 0 Å². The van der Waals surface area contributed by atoms with Gasteiger partial charge in [0, 0.05) is 11.3 Å². The largest absolute Gasteiger partial charge is 0.508 e. The third-order valence-electron chi connectivity index (χ3n) is 2.36. The Kier molecular flexibility index (Phi) is 4.85. The van der Waals surface area contributed by atoms with Crippen LogP contribution < -0.4 is 0 Å². The zero-order valence-corrected chi connectivity index (χ0v) is 10.5. The van der Waals surface area contributed by atoms with E-state index in [2.05, 4.69) is 4.74 Å². The number of phenols is 1. The van der Waals surface area contributed by atoms with Crippen molar-refractivity contribution >= 4 is 17.7 Å². The van der Waals surface area contributed by atoms with E-state index in [9.17, 15) is 9.90 Å². The molecule has 0 saturated heterocycles. The minimum Gasteiger partial charge on any atom is -0.508 e. The molecule has 0 amide bonds. The molecule has 0 unspecified atom stereocenters. The first-order chi connectivity index (χ1) is 8.08. The molecule has 4 nitrogen and oxygen atoms in total. The number of carbonyl (C=O) groups excluding carboxylic acids is 1. The van der Waals surface area contributed by atoms with Crippen molar-refractivity contribution in [3.8, 4) is 11.2 Å². The maximum atomic E-state index is 11.0. The van der Waals surface area contributed by atoms with E-state index < -0.39 is 0 Å². The highest BCUT2D eigenvalue weighted by Gasteiger charge is 2.09. The van der Waals surface area contributed by atoms with Crippen molar-refractivity contribution in [1.29, 1.82) is 5.26 Å². The maximum Gasteiger partial charge on any atom is 0.305 e. The molecule has 0 radical (unpaired) electrons. The predicted molar refractivity (Wildman–Crippen MR) is 64.7 cm³/mol. The molecule has 0 saturated carbocycles. The van der Waals surface area contributed by atoms with Crippen LogP contribution in [-0.4, -0.2) is 18.2 Å². The highest BCUT2D eigenvalue weighted by Crippen LogP contribution is 2.29. The molecule has 0 aliphatic carbocycles. The van der Waals surface area contributed by atoms with Gasteiger partial charge in [0.2, 0.25) is 0 Å². The number of esters is 1. The third-order valence-corrected chi connectivity index (χ3v) is 3.11. The van der Waals surface area contributed by atoms with E-state index in [4.69, 9.17) is 5.26 Å². The molecule has 0 heterocycles. The van der Waals surface area contributed by atoms with E-state index in [0.29, 0.717) is 12.0 Å². The third kappa shape index (κ3) is 3.68. The van der Waals surface area contributed by atoms with E-state index >= 15 is 0 Å². The average Bonchev–Trinajstić information content (AvgIpc) is 2.30. The second-order valence-corrected chi connectivity index (χ2v) is 4.34. The van der Waals surface area contributed by atoms with Crippen LogP contribution in [0.15, 0.2) is 17.0 Å². The van der Waals surface area contributed by atoms with Gasteiger partial charge in [-0.3, -0.25) is 4.79 Å². The molecule has 0 atom stereocenters. The zero-order chi connectivity index (χ0) is 12.8. The average molecular weight is 251 g/mol. The molecular weight excluding hydrogens is 238 g/mol. The molecule has 1 N–H and O–H groups in total. The molecule has 0 aliphatic rings. The Balaban J connectivity index is 2.88. The molecule has 17 heavy (non-hydrogen) atoms. The first kappa shape index (κ1) is 13.4. The fourth-order valence-electron chi connectivity index (χ4n) is 1.41. The Morgan fingerprint density at radius 1 is 1.59 bits per heavy atom. The van der Waals surface area contributed by atoms with Crippen molar-refractivity contribution in [3.05, 3.63) is 23.3 Å². The Labute approximate surface area is 104 Å². The number of hydrogen-bond acceptors (Lipinski definition) is 5. The number of rotatable bonds is 4. The van der Waals surface area contributed by atoms with Gasteiger partial charge in [-0.05, 0) is 48.4 Å². The lowest BCUT2D eigenvalue weighted by molar-refractivity contribution is -0.140. The van der Waals surface area contributed by atoms with Crippen LogP contribution in [-0.2, 0) is 16.0 Å². The molecule has 0 bridgehead atoms. The lowest BCUT2D eigenvalue weighted by Gasteiger charge is -2.08. The summed E-state index contributed by atoms with van der Waals surface area (Å²) >= 11 is 1.04. The first-order valence-electron chi connectivity index (χ1n) is 5.03. The Bertz CT molecular complexity index is 466. The van der Waals surface area contributed by atoms with Crippen LogP contribution in [0.25, 0.3) is 0 Å². The van der Waals surface area contributed by atoms with E-state index in [-0.39, 0.29) is 18.1 Å². The summed E-state index contributed by atoms with van der Waals surface area (Å²) in [4.78, 5) is 11.8. The molecule has 1 rings (SSSR count). The highest BCUT2D eigenvalue weighted by molar-refractivity contribution is 8.03. The van der Waals surface area contributed by atoms with E-state index in [1.54, 1.807) is 12.1 Å². The number of aromatic hydroxyl groups is 1. The smallest absolute Gasteiger partial charge is 0.305 e. The summed E-state index contributed by atoms with van der Waals surface area (Å²) in [6, 6.07) is 3.34. The molecule has 0 spiro atoms. The number of carbonyl (C=O) groups is 1. The topological polar surface area (TPSA) is 70.3 Å². The normalized spacial score (nSPS) is 9.71. The molecule has 1 aromatic carbocycles. The zero-order valence-electron chi connectivity index (χ0n) is 9.69. The number of thioether (sulfide) groups is 1. The summed E-state index contributed by atoms with van der Waals surface area (Å²) in [7, 11) is 1.33. The SMILES string of the molecule is COC(=O)CCc1cc(SC#N)c(C)cc1O. The number of benzene rings is 1. The maximum absolute atomic E-state index is 11.0. The van der Waals surface area contributed by atoms with Gasteiger partial charge >= 0.3 is 5.97 Å². The number of aryl methyl sites for hydroxylation is 2. The number of nitriles is 1. The second kappa shape index (κ2) is 6.16. The van der Waals surface area contributed by atoms with Crippen molar-refractivity contribution in [2.75, 3.05) is 7.11 Å². The molecule has 90 valence electrons. The molecule has 1 aromatic rings. The fourth-order valence-corrected chi connectivity index (χ4v) is 1.93. The predicted octanol–water partition coefficient (Wildman–Crippen LogP) is 2.38. The summed E-state index contributed by atoms with van der Waals surface area (Å²) in [6.45, 7) is 1.82. The van der Waals surface area contributed by atoms with Crippen molar-refractivity contribution in [2.45, 2.75) is 24.7 Å². The Morgan fingerprint density at radius 2 is 2.29 bits per heavy atom. The minimum atomic E-state index is -0.320. The number of methoxy groups -OCH3 is 1. The van der Waals surface area contributed by atoms with Crippen LogP contribution in [0.1, 0.15) is 17.5 Å². The quantitative estimate of drug-likeness (QED) is 0.505. The van der Waals surface area contributed by atoms with Crippen molar-refractivity contribution in [2.24, 2.45) is 0 Å². The van der Waals surface area contributed by atoms with Crippen molar-refractivity contribution in [1.82, 2.24) is 0 Å². The van der Waals surface area contributed by atoms with Crippen LogP contribution in [0.2, 0.25) is 0 Å². The summed E-state index contributed by atoms with van der Waals surface area (Å²) in [5.41, 5.74) is 1.50. The number of thiocyanates is 1. The van der Waals surface area contributed by atoms with Gasteiger partial charge in [-0.2, -0.15) is 5.26 Å². The summed E-state index contributed by atoms with van der Waals surface area (Å²) in [6.07, 6.45) is 0.613. The lowest BCUT2D eigenvalue weighted by atomic mass is 10.1. The number of phenolic OH excluding ortho intramolecular Hbond substituents is 1. The van der Waals surface area contributed by atoms with Gasteiger partial charge in [0.05, 0.1) is 7.11 Å². The number of ether oxygens (including phenoxy) is 1. The van der Waals surface area contributed by atoms with Gasteiger partial charge in [-0.15, -0.1) is 0 Å². The van der Waals surface area contributed by atoms with Gasteiger partial charge in [-0.1, -0.05) is 0 Å². The first-order valence-corrected chi connectivity index (χ1v) is 5.85. The number of nitrogens with zero attached hydrogens (tertiary/aromatic N) is 1. The van der Waals surface area contributed by atoms with Gasteiger partial charge < -0.3 is 9.84 Å². The van der Waals surface area contributed by atoms with E-state index in [1.165, 1.54) is 7.11 Å². The molecule has 0 aliphatic heterocycles. The van der Waals surface area contributed by atoms with Crippen LogP contribution in [0.3, 0.4) is 0 Å². The Morgan fingerprint density at radius 3 is 2.88 bits per heavy atom. The fraction of sp³-hybridized carbons (Fsp3) is 0.333. The van der Waals surface area contributed by atoms with Crippen LogP contribution in [0.5, 0.6) is 5.75 Å². The molecule has 0 fully saturated rings. The van der Waals surface area contributed by atoms with E-state index in [1.807, 2.05) is 12.3 Å². The molecular formula is C12H13NO3S. The lowest BCUT2D eigenvalue weighted by Crippen LogP contribution is -2.02. The molecule has 0 aromatic heterocycles. The van der Waals surface area contributed by atoms with Crippen molar-refractivity contribution in [3.63, 3.8) is 0 Å². The van der Waals surface area contributed by atoms with E-state index in [0.717, 1.165) is 22.2 Å². The van der Waals surface area contributed by atoms with Crippen molar-refractivity contribution < 1.29 is 14.6 Å². The van der Waals surface area contributed by atoms with Gasteiger partial charge in [0.15, 0.2) is 0 Å². The number of hydrogen-bond donors (Lipinski definition) is 1. The second-order valence-electron chi connectivity index (χ2n) is 3.52. The summed E-state index contributed by atoms with van der Waals surface area (Å²) in [5.74, 6) is -0.173. The summed E-state index contributed by atoms with van der Waals surface area (Å²) in [5, 5.41) is 20.4. The standard InChI is InChI=1S/C12H13NO3S/c1-8-5-10(14)9(3-4-12(15)16-2)6-11(8)17-7-13/h5-6,14H,3-4H2,1-2H3. The highest BCUT2D eigenvalue weighted by atomic mass is 32.2. The monoisotopic (exact) mass is 251 g/mol. The molecule has 5 heteroatoms. The Hall–Kier alpha value is -1.67. The van der Waals surface area contributed by atoms with Crippen LogP contribution in [0, 0.1) is 17.6 Å². The summed E-state index contributed by atoms with van der Waals surface area (Å²) < 4.78 is 4.54. The van der Waals surface area contributed by atoms with Crippen LogP contribution >= 0.6 is 11.8 Å². The van der Waals surface area contributed by atoms with Crippen LogP contribution in [0.4, 0.5) is 0 Å².